The number of aliphatic imine (C=N–C) groups is 1. The molecule has 1 unspecified atom stereocenters. The molecule has 1 atom stereocenters. The van der Waals surface area contributed by atoms with Gasteiger partial charge in [-0.05, 0) is 34.1 Å². The average Bonchev–Trinajstić information content (AvgIpc) is 3.02. The molecule has 0 aromatic carbocycles. The summed E-state index contributed by atoms with van der Waals surface area (Å²) in [6.45, 7) is 8.32. The maximum Gasteiger partial charge on any atom is 0.350 e. The van der Waals surface area contributed by atoms with E-state index in [0.29, 0.717) is 42.6 Å². The highest BCUT2D eigenvalue weighted by atomic mass is 127. The molecule has 3 N–H and O–H groups in total. The van der Waals surface area contributed by atoms with Gasteiger partial charge in [0.25, 0.3) is 0 Å². The van der Waals surface area contributed by atoms with Gasteiger partial charge < -0.3 is 15.4 Å². The van der Waals surface area contributed by atoms with E-state index in [2.05, 4.69) is 25.3 Å². The largest absolute Gasteiger partial charge is 0.462 e. The molecule has 0 aliphatic rings. The van der Waals surface area contributed by atoms with Gasteiger partial charge in [0.1, 0.15) is 9.88 Å². The van der Waals surface area contributed by atoms with Crippen LogP contribution in [0.2, 0.25) is 0 Å². The lowest BCUT2D eigenvalue weighted by atomic mass is 10.3. The first-order valence-electron chi connectivity index (χ1n) is 8.83. The van der Waals surface area contributed by atoms with E-state index in [1.54, 1.807) is 27.8 Å². The summed E-state index contributed by atoms with van der Waals surface area (Å²) in [5.41, 5.74) is 0.647. The number of sulfonamides is 1. The number of hydrogen-bond donors (Lipinski definition) is 3. The Morgan fingerprint density at radius 3 is 2.57 bits per heavy atom. The summed E-state index contributed by atoms with van der Waals surface area (Å²) in [5, 5.41) is 7.10. The summed E-state index contributed by atoms with van der Waals surface area (Å²) in [6, 6.07) is -0.151. The Morgan fingerprint density at radius 1 is 1.32 bits per heavy atom. The first kappa shape index (κ1) is 27.0. The van der Waals surface area contributed by atoms with Crippen LogP contribution in [0.25, 0.3) is 0 Å². The zero-order chi connectivity index (χ0) is 20.4. The third-order valence-electron chi connectivity index (χ3n) is 3.57. The molecular formula is C16H30IN5O4S2. The summed E-state index contributed by atoms with van der Waals surface area (Å²) >= 11 is 1.30. The predicted octanol–water partition coefficient (Wildman–Crippen LogP) is 1.80. The highest BCUT2D eigenvalue weighted by Crippen LogP contribution is 2.24. The van der Waals surface area contributed by atoms with Crippen molar-refractivity contribution in [2.45, 2.75) is 40.2 Å². The molecule has 1 heterocycles. The maximum atomic E-state index is 11.9. The van der Waals surface area contributed by atoms with Crippen molar-refractivity contribution in [1.29, 1.82) is 0 Å². The molecule has 0 spiro atoms. The minimum atomic E-state index is -3.16. The molecule has 0 bridgehead atoms. The topological polar surface area (TPSA) is 122 Å². The summed E-state index contributed by atoms with van der Waals surface area (Å²) in [7, 11) is -1.51. The summed E-state index contributed by atoms with van der Waals surface area (Å²) < 4.78 is 30.3. The van der Waals surface area contributed by atoms with Crippen LogP contribution in [-0.4, -0.2) is 57.8 Å². The van der Waals surface area contributed by atoms with Gasteiger partial charge in [-0.1, -0.05) is 0 Å². The number of rotatable bonds is 10. The number of carbonyl (C=O) groups excluding carboxylic acids is 1. The fraction of sp³-hybridized carbons (Fsp3) is 0.688. The molecule has 0 saturated heterocycles. The highest BCUT2D eigenvalue weighted by molar-refractivity contribution is 14.0. The molecule has 1 rings (SSSR count). The highest BCUT2D eigenvalue weighted by Gasteiger charge is 2.20. The first-order valence-corrected chi connectivity index (χ1v) is 11.3. The monoisotopic (exact) mass is 547 g/mol. The lowest BCUT2D eigenvalue weighted by Gasteiger charge is -2.16. The van der Waals surface area contributed by atoms with Gasteiger partial charge in [-0.15, -0.1) is 35.3 Å². The van der Waals surface area contributed by atoms with E-state index in [1.165, 1.54) is 11.3 Å². The molecule has 1 aromatic heterocycles. The van der Waals surface area contributed by atoms with E-state index in [4.69, 9.17) is 4.74 Å². The Hall–Kier alpha value is -0.990. The van der Waals surface area contributed by atoms with Gasteiger partial charge in [0.05, 0.1) is 24.1 Å². The lowest BCUT2D eigenvalue weighted by Crippen LogP contribution is -2.40. The number of ether oxygens (including phenoxy) is 1. The second-order valence-electron chi connectivity index (χ2n) is 5.70. The molecular weight excluding hydrogens is 517 g/mol. The Morgan fingerprint density at radius 2 is 2.00 bits per heavy atom. The van der Waals surface area contributed by atoms with E-state index < -0.39 is 10.0 Å². The van der Waals surface area contributed by atoms with Gasteiger partial charge in [0, 0.05) is 20.1 Å². The molecule has 0 aliphatic heterocycles. The number of aromatic nitrogens is 1. The van der Waals surface area contributed by atoms with E-state index >= 15 is 0 Å². The smallest absolute Gasteiger partial charge is 0.350 e. The molecule has 0 saturated carbocycles. The van der Waals surface area contributed by atoms with Crippen molar-refractivity contribution in [2.24, 2.45) is 4.99 Å². The maximum absolute atomic E-state index is 11.9. The Kier molecular flexibility index (Phi) is 12.8. The normalized spacial score (nSPS) is 12.8. The zero-order valence-corrected chi connectivity index (χ0v) is 20.8. The average molecular weight is 547 g/mol. The number of nitrogens with one attached hydrogen (secondary N) is 3. The van der Waals surface area contributed by atoms with Gasteiger partial charge in [-0.3, -0.25) is 4.99 Å². The molecule has 9 nitrogen and oxygen atoms in total. The van der Waals surface area contributed by atoms with Crippen molar-refractivity contribution >= 4 is 57.3 Å². The van der Waals surface area contributed by atoms with Gasteiger partial charge in [-0.2, -0.15) is 0 Å². The number of esters is 1. The van der Waals surface area contributed by atoms with Crippen LogP contribution in [0, 0.1) is 6.92 Å². The molecule has 162 valence electrons. The molecule has 28 heavy (non-hydrogen) atoms. The molecule has 0 amide bonds. The SMILES string of the molecule is CCOC(=O)c1sc(C(C)NC(=NC)NCCCNS(=O)(=O)CC)nc1C.I. The van der Waals surface area contributed by atoms with Crippen molar-refractivity contribution < 1.29 is 17.9 Å². The van der Waals surface area contributed by atoms with Crippen LogP contribution in [0.5, 0.6) is 0 Å². The minimum absolute atomic E-state index is 0. The van der Waals surface area contributed by atoms with Gasteiger partial charge >= 0.3 is 5.97 Å². The first-order chi connectivity index (χ1) is 12.7. The lowest BCUT2D eigenvalue weighted by molar-refractivity contribution is 0.0531. The fourth-order valence-corrected chi connectivity index (χ4v) is 3.70. The van der Waals surface area contributed by atoms with Crippen LogP contribution >= 0.6 is 35.3 Å². The van der Waals surface area contributed by atoms with E-state index in [0.717, 1.165) is 5.01 Å². The van der Waals surface area contributed by atoms with Gasteiger partial charge in [-0.25, -0.2) is 22.9 Å². The predicted molar refractivity (Wildman–Crippen MR) is 123 cm³/mol. The minimum Gasteiger partial charge on any atom is -0.462 e. The number of aryl methyl sites for hydroxylation is 1. The van der Waals surface area contributed by atoms with Crippen LogP contribution in [0.3, 0.4) is 0 Å². The Bertz CT molecular complexity index is 752. The van der Waals surface area contributed by atoms with Crippen molar-refractivity contribution in [3.05, 3.63) is 15.6 Å². The number of halogens is 1. The zero-order valence-electron chi connectivity index (χ0n) is 16.9. The van der Waals surface area contributed by atoms with Crippen LogP contribution in [0.15, 0.2) is 4.99 Å². The van der Waals surface area contributed by atoms with Crippen molar-refractivity contribution in [3.8, 4) is 0 Å². The molecule has 1 aromatic rings. The summed E-state index contributed by atoms with van der Waals surface area (Å²) in [4.78, 5) is 21.0. The number of nitrogens with zero attached hydrogens (tertiary/aromatic N) is 2. The van der Waals surface area contributed by atoms with Crippen LogP contribution < -0.4 is 15.4 Å². The van der Waals surface area contributed by atoms with E-state index in [9.17, 15) is 13.2 Å². The van der Waals surface area contributed by atoms with Gasteiger partial charge in [0.2, 0.25) is 10.0 Å². The second kappa shape index (κ2) is 13.3. The van der Waals surface area contributed by atoms with E-state index in [1.807, 2.05) is 6.92 Å². The number of thiazole rings is 1. The number of guanidine groups is 1. The molecule has 0 radical (unpaired) electrons. The van der Waals surface area contributed by atoms with Crippen LogP contribution in [-0.2, 0) is 14.8 Å². The van der Waals surface area contributed by atoms with Crippen molar-refractivity contribution in [1.82, 2.24) is 20.3 Å². The molecule has 0 aliphatic carbocycles. The number of hydrogen-bond acceptors (Lipinski definition) is 7. The van der Waals surface area contributed by atoms with Crippen molar-refractivity contribution in [3.63, 3.8) is 0 Å². The number of carbonyl (C=O) groups is 1. The van der Waals surface area contributed by atoms with E-state index in [-0.39, 0.29) is 41.7 Å². The van der Waals surface area contributed by atoms with Crippen LogP contribution in [0.4, 0.5) is 0 Å². The van der Waals surface area contributed by atoms with Crippen LogP contribution in [0.1, 0.15) is 53.6 Å². The summed E-state index contributed by atoms with van der Waals surface area (Å²) in [5.74, 6) is 0.289. The quantitative estimate of drug-likeness (QED) is 0.134. The Balaban J connectivity index is 0.00000729. The second-order valence-corrected chi connectivity index (χ2v) is 8.83. The standard InChI is InChI=1S/C16H29N5O4S2.HI/c1-6-25-15(22)13-11(3)20-14(26-13)12(4)21-16(17-5)18-9-8-10-19-27(23,24)7-2;/h12,19H,6-10H2,1-5H3,(H2,17,18,21);1H. The summed E-state index contributed by atoms with van der Waals surface area (Å²) in [6.07, 6.45) is 0.623. The Labute approximate surface area is 188 Å². The molecule has 12 heteroatoms. The fourth-order valence-electron chi connectivity index (χ4n) is 2.07. The third-order valence-corrected chi connectivity index (χ3v) is 6.29. The van der Waals surface area contributed by atoms with Gasteiger partial charge in [0.15, 0.2) is 5.96 Å². The van der Waals surface area contributed by atoms with Crippen molar-refractivity contribution in [2.75, 3.05) is 32.5 Å². The third kappa shape index (κ3) is 9.01. The molecule has 0 fully saturated rings.